The number of rotatable bonds is 6. The number of halogens is 3. The number of ether oxygens (including phenoxy) is 1. The van der Waals surface area contributed by atoms with Crippen LogP contribution in [0.1, 0.15) is 72.4 Å². The predicted octanol–water partition coefficient (Wildman–Crippen LogP) is 5.91. The van der Waals surface area contributed by atoms with Gasteiger partial charge in [-0.3, -0.25) is 4.79 Å². The molecule has 0 aliphatic rings. The Labute approximate surface area is 195 Å². The first-order valence-corrected chi connectivity index (χ1v) is 12.9. The summed E-state index contributed by atoms with van der Waals surface area (Å²) in [4.78, 5) is 21.6. The molecule has 0 bridgehead atoms. The lowest BCUT2D eigenvalue weighted by molar-refractivity contribution is -0.137. The highest BCUT2D eigenvalue weighted by atomic mass is 32.2. The topological polar surface area (TPSA) is 81.4 Å². The zero-order chi connectivity index (χ0) is 26.0. The molecule has 0 radical (unpaired) electrons. The zero-order valence-corrected chi connectivity index (χ0v) is 21.8. The average Bonchev–Trinajstić information content (AvgIpc) is 2.67. The first-order valence-electron chi connectivity index (χ1n) is 10.7. The third kappa shape index (κ3) is 22.8. The zero-order valence-electron chi connectivity index (χ0n) is 21.0. The van der Waals surface area contributed by atoms with Crippen LogP contribution < -0.4 is 11.1 Å². The molecule has 3 N–H and O–H groups in total. The highest BCUT2D eigenvalue weighted by Crippen LogP contribution is 2.29. The van der Waals surface area contributed by atoms with E-state index in [1.165, 1.54) is 6.07 Å². The van der Waals surface area contributed by atoms with Crippen molar-refractivity contribution in [3.05, 3.63) is 35.4 Å². The molecule has 5 nitrogen and oxygen atoms in total. The van der Waals surface area contributed by atoms with Crippen molar-refractivity contribution in [3.63, 3.8) is 0 Å². The van der Waals surface area contributed by atoms with Crippen molar-refractivity contribution in [2.45, 2.75) is 79.6 Å². The van der Waals surface area contributed by atoms with Crippen LogP contribution in [0.4, 0.5) is 18.0 Å². The van der Waals surface area contributed by atoms with Gasteiger partial charge in [0.15, 0.2) is 0 Å². The Hall–Kier alpha value is -1.90. The number of nitrogens with one attached hydrogen (secondary N) is 1. The van der Waals surface area contributed by atoms with Crippen LogP contribution in [0.5, 0.6) is 0 Å². The lowest BCUT2D eigenvalue weighted by atomic mass is 10.1. The number of benzene rings is 1. The van der Waals surface area contributed by atoms with Crippen LogP contribution in [0.3, 0.4) is 0 Å². The molecule has 0 aromatic heterocycles. The normalized spacial score (nSPS) is 10.4. The minimum atomic E-state index is -4.35. The number of primary amides is 1. The van der Waals surface area contributed by atoms with E-state index in [9.17, 15) is 22.8 Å². The van der Waals surface area contributed by atoms with E-state index in [0.717, 1.165) is 24.3 Å². The van der Waals surface area contributed by atoms with Gasteiger partial charge in [0.05, 0.1) is 18.1 Å². The molecular weight excluding hydrogens is 441 g/mol. The lowest BCUT2D eigenvalue weighted by Gasteiger charge is -2.16. The maximum Gasteiger partial charge on any atom is 0.416 e. The SMILES string of the molecule is CC.CC.CC(C)(C)OC(N)=O.C[S+](C)CCCC(=O)NCc1cccc(C(F)(F)F)c1. The third-order valence-corrected chi connectivity index (χ3v) is 4.21. The average molecular weight is 484 g/mol. The van der Waals surface area contributed by atoms with E-state index >= 15 is 0 Å². The van der Waals surface area contributed by atoms with Crippen molar-refractivity contribution in [1.82, 2.24) is 5.32 Å². The maximum absolute atomic E-state index is 12.5. The van der Waals surface area contributed by atoms with Crippen LogP contribution in [0.25, 0.3) is 0 Å². The Balaban J connectivity index is -0.000000587. The van der Waals surface area contributed by atoms with Gasteiger partial charge in [-0.1, -0.05) is 39.8 Å². The molecule has 0 unspecified atom stereocenters. The summed E-state index contributed by atoms with van der Waals surface area (Å²) < 4.78 is 42.1. The first kappa shape index (κ1) is 34.7. The highest BCUT2D eigenvalue weighted by molar-refractivity contribution is 7.95. The molecule has 2 amide bonds. The van der Waals surface area contributed by atoms with Crippen molar-refractivity contribution in [1.29, 1.82) is 0 Å². The molecule has 0 saturated carbocycles. The van der Waals surface area contributed by atoms with Gasteiger partial charge in [0.1, 0.15) is 11.4 Å². The maximum atomic E-state index is 12.5. The van der Waals surface area contributed by atoms with Crippen LogP contribution in [-0.2, 0) is 33.1 Å². The van der Waals surface area contributed by atoms with Gasteiger partial charge < -0.3 is 15.8 Å². The van der Waals surface area contributed by atoms with E-state index in [1.807, 2.05) is 27.7 Å². The standard InChI is InChI=1S/C14H18F3NOS.C5H11NO2.2C2H6/c1-20(2)8-4-7-13(19)18-10-11-5-3-6-12(9-11)14(15,16)17;1-5(2,3)8-4(6)7;2*1-2/h3,5-6,9H,4,7-8,10H2,1-2H3;1-3H3,(H2,6,7);2*1-2H3/p+1. The molecular formula is C23H42F3N2O3S+. The van der Waals surface area contributed by atoms with E-state index < -0.39 is 23.4 Å². The van der Waals surface area contributed by atoms with Crippen LogP contribution in [0, 0.1) is 0 Å². The van der Waals surface area contributed by atoms with E-state index in [1.54, 1.807) is 26.8 Å². The number of carbonyl (C=O) groups is 2. The molecule has 1 rings (SSSR count). The summed E-state index contributed by atoms with van der Waals surface area (Å²) in [7, 11) is 0.310. The Bertz CT molecular complexity index is 632. The van der Waals surface area contributed by atoms with Crippen molar-refractivity contribution in [2.24, 2.45) is 5.73 Å². The minimum Gasteiger partial charge on any atom is -0.444 e. The summed E-state index contributed by atoms with van der Waals surface area (Å²) in [5.74, 6) is 0.879. The number of hydrogen-bond acceptors (Lipinski definition) is 3. The fourth-order valence-corrected chi connectivity index (χ4v) is 2.69. The van der Waals surface area contributed by atoms with Crippen LogP contribution >= 0.6 is 0 Å². The van der Waals surface area contributed by atoms with Crippen molar-refractivity contribution in [2.75, 3.05) is 18.3 Å². The molecule has 0 aliphatic carbocycles. The van der Waals surface area contributed by atoms with Crippen LogP contribution in [-0.4, -0.2) is 35.9 Å². The van der Waals surface area contributed by atoms with E-state index in [2.05, 4.69) is 22.6 Å². The molecule has 0 atom stereocenters. The summed E-state index contributed by atoms with van der Waals surface area (Å²) in [6.45, 7) is 13.4. The fraction of sp³-hybridized carbons (Fsp3) is 0.652. The van der Waals surface area contributed by atoms with Crippen molar-refractivity contribution in [3.8, 4) is 0 Å². The van der Waals surface area contributed by atoms with Crippen molar-refractivity contribution < 1.29 is 27.5 Å². The Morgan fingerprint density at radius 2 is 1.59 bits per heavy atom. The second-order valence-electron chi connectivity index (χ2n) is 7.30. The minimum absolute atomic E-state index is 0.118. The number of alkyl halides is 3. The molecule has 1 aromatic carbocycles. The van der Waals surface area contributed by atoms with Gasteiger partial charge >= 0.3 is 12.3 Å². The van der Waals surface area contributed by atoms with Gasteiger partial charge in [0.25, 0.3) is 0 Å². The van der Waals surface area contributed by atoms with E-state index in [4.69, 9.17) is 5.73 Å². The lowest BCUT2D eigenvalue weighted by Crippen LogP contribution is -2.27. The summed E-state index contributed by atoms with van der Waals surface area (Å²) in [6.07, 6.45) is 0.381. The second kappa shape index (κ2) is 18.7. The second-order valence-corrected chi connectivity index (χ2v) is 9.68. The van der Waals surface area contributed by atoms with E-state index in [0.29, 0.717) is 22.9 Å². The molecule has 0 aliphatic heterocycles. The molecule has 0 heterocycles. The first-order chi connectivity index (χ1) is 14.7. The molecule has 1 aromatic rings. The summed E-state index contributed by atoms with van der Waals surface area (Å²) in [5, 5.41) is 2.65. The van der Waals surface area contributed by atoms with Gasteiger partial charge in [-0.25, -0.2) is 4.79 Å². The molecule has 0 fully saturated rings. The van der Waals surface area contributed by atoms with Gasteiger partial charge in [0, 0.05) is 19.4 Å². The smallest absolute Gasteiger partial charge is 0.416 e. The van der Waals surface area contributed by atoms with Crippen LogP contribution in [0.15, 0.2) is 24.3 Å². The fourth-order valence-electron chi connectivity index (χ4n) is 1.97. The Kier molecular flexibility index (Phi) is 20.2. The molecule has 188 valence electrons. The van der Waals surface area contributed by atoms with Gasteiger partial charge in [-0.2, -0.15) is 13.2 Å². The number of nitrogens with two attached hydrogens (primary N) is 1. The van der Waals surface area contributed by atoms with Crippen LogP contribution in [0.2, 0.25) is 0 Å². The molecule has 32 heavy (non-hydrogen) atoms. The number of hydrogen-bond donors (Lipinski definition) is 2. The third-order valence-electron chi connectivity index (χ3n) is 3.11. The molecule has 0 spiro atoms. The Morgan fingerprint density at radius 3 is 1.97 bits per heavy atom. The van der Waals surface area contributed by atoms with Crippen molar-refractivity contribution >= 4 is 22.9 Å². The number of amides is 2. The number of carbonyl (C=O) groups excluding carboxylic acids is 2. The molecule has 0 saturated heterocycles. The summed E-state index contributed by atoms with van der Waals surface area (Å²) in [5.41, 5.74) is 4.03. The van der Waals surface area contributed by atoms with Gasteiger partial charge in [-0.05, 0) is 49.4 Å². The largest absolute Gasteiger partial charge is 0.444 e. The van der Waals surface area contributed by atoms with E-state index in [-0.39, 0.29) is 12.5 Å². The predicted molar refractivity (Wildman–Crippen MR) is 130 cm³/mol. The quantitative estimate of drug-likeness (QED) is 0.493. The summed E-state index contributed by atoms with van der Waals surface area (Å²) in [6, 6.07) is 5.01. The summed E-state index contributed by atoms with van der Waals surface area (Å²) >= 11 is 0. The van der Waals surface area contributed by atoms with Gasteiger partial charge in [0.2, 0.25) is 5.91 Å². The Morgan fingerprint density at radius 1 is 1.06 bits per heavy atom. The highest BCUT2D eigenvalue weighted by Gasteiger charge is 2.30. The molecule has 9 heteroatoms. The monoisotopic (exact) mass is 483 g/mol. The van der Waals surface area contributed by atoms with Gasteiger partial charge in [-0.15, -0.1) is 0 Å².